The first-order valence-electron chi connectivity index (χ1n) is 14.6. The maximum atomic E-state index is 12.7. The lowest BCUT2D eigenvalue weighted by molar-refractivity contribution is -0.133. The summed E-state index contributed by atoms with van der Waals surface area (Å²) in [6.45, 7) is 5.06. The Morgan fingerprint density at radius 2 is 1.29 bits per heavy atom. The van der Waals surface area contributed by atoms with Crippen molar-refractivity contribution in [2.45, 2.75) is 58.5 Å². The van der Waals surface area contributed by atoms with E-state index in [9.17, 15) is 14.7 Å². The molecule has 2 atom stereocenters. The topological polar surface area (TPSA) is 84.6 Å². The molecule has 2 heterocycles. The van der Waals surface area contributed by atoms with Crippen LogP contribution in [-0.4, -0.2) is 26.7 Å². The average Bonchev–Trinajstić information content (AvgIpc) is 3.56. The first kappa shape index (κ1) is 32.5. The second-order valence-electron chi connectivity index (χ2n) is 11.2. The molecule has 0 saturated carbocycles. The van der Waals surface area contributed by atoms with Crippen molar-refractivity contribution >= 4 is 46.6 Å². The van der Waals surface area contributed by atoms with Crippen molar-refractivity contribution in [3.63, 3.8) is 0 Å². The van der Waals surface area contributed by atoms with Crippen LogP contribution in [0.25, 0.3) is 0 Å². The lowest BCUT2D eigenvalue weighted by Gasteiger charge is -2.23. The number of amides is 2. The molecule has 2 aliphatic heterocycles. The molecule has 9 heteroatoms. The molecule has 0 fully saturated rings. The van der Waals surface area contributed by atoms with E-state index in [4.69, 9.17) is 40.1 Å². The number of fused-ring (bicyclic) bond motifs is 2. The molecule has 6 rings (SSSR count). The molecule has 2 aliphatic rings. The standard InChI is InChI=1S/C18H14Cl2N2O.C18H18ClNO2/c1-11-14-6-5-12(9-21)7-13(14)10-22(11)18(23)8-15-16(19)3-2-4-17(15)20;1-12-15-7-3-2-5-13(15)10-20(12)18(22)9-16-14(11-21)6-4-8-17(16)19/h2-7,11H,8,10H2,1H3;2-8,12,21H,9-11H2,1H3/t;12-/m.0/s1. The van der Waals surface area contributed by atoms with Crippen molar-refractivity contribution < 1.29 is 14.7 Å². The highest BCUT2D eigenvalue weighted by atomic mass is 35.5. The number of benzene rings is 4. The van der Waals surface area contributed by atoms with Crippen LogP contribution in [-0.2, 0) is 42.1 Å². The van der Waals surface area contributed by atoms with E-state index in [1.165, 1.54) is 11.1 Å². The van der Waals surface area contributed by atoms with Gasteiger partial charge >= 0.3 is 0 Å². The number of rotatable bonds is 5. The fourth-order valence-corrected chi connectivity index (χ4v) is 6.84. The van der Waals surface area contributed by atoms with Gasteiger partial charge < -0.3 is 14.9 Å². The minimum Gasteiger partial charge on any atom is -0.392 e. The average molecular weight is 661 g/mol. The Bertz CT molecular complexity index is 1780. The van der Waals surface area contributed by atoms with Gasteiger partial charge in [-0.1, -0.05) is 83.3 Å². The molecule has 1 unspecified atom stereocenters. The van der Waals surface area contributed by atoms with Crippen molar-refractivity contribution in [1.82, 2.24) is 9.80 Å². The lowest BCUT2D eigenvalue weighted by atomic mass is 10.0. The van der Waals surface area contributed by atoms with Gasteiger partial charge in [0, 0.05) is 28.2 Å². The number of carbonyl (C=O) groups excluding carboxylic acids is 2. The lowest BCUT2D eigenvalue weighted by Crippen LogP contribution is -2.30. The maximum absolute atomic E-state index is 12.7. The van der Waals surface area contributed by atoms with Crippen LogP contribution in [0.2, 0.25) is 15.1 Å². The molecule has 0 aromatic heterocycles. The summed E-state index contributed by atoms with van der Waals surface area (Å²) < 4.78 is 0. The van der Waals surface area contributed by atoms with Gasteiger partial charge in [-0.3, -0.25) is 9.59 Å². The van der Waals surface area contributed by atoms with Gasteiger partial charge in [0.25, 0.3) is 0 Å². The summed E-state index contributed by atoms with van der Waals surface area (Å²) in [5.74, 6) is 0.00806. The SMILES string of the molecule is CC1c2ccc(C#N)cc2CN1C(=O)Cc1c(Cl)cccc1Cl.C[C@H]1c2ccccc2CN1C(=O)Cc1c(Cl)cccc1CO. The summed E-state index contributed by atoms with van der Waals surface area (Å²) in [4.78, 5) is 29.1. The predicted molar refractivity (Wildman–Crippen MR) is 177 cm³/mol. The second kappa shape index (κ2) is 14.1. The number of aliphatic hydroxyl groups excluding tert-OH is 1. The third kappa shape index (κ3) is 6.88. The highest BCUT2D eigenvalue weighted by Crippen LogP contribution is 2.36. The molecule has 6 nitrogen and oxygen atoms in total. The quantitative estimate of drug-likeness (QED) is 0.235. The molecule has 0 aliphatic carbocycles. The molecular formula is C36H32Cl3N3O3. The van der Waals surface area contributed by atoms with E-state index in [2.05, 4.69) is 18.2 Å². The summed E-state index contributed by atoms with van der Waals surface area (Å²) in [5, 5.41) is 20.0. The van der Waals surface area contributed by atoms with Crippen LogP contribution in [0.5, 0.6) is 0 Å². The zero-order chi connectivity index (χ0) is 32.2. The van der Waals surface area contributed by atoms with E-state index in [0.29, 0.717) is 44.8 Å². The third-order valence-corrected chi connectivity index (χ3v) is 9.65. The Morgan fingerprint density at radius 3 is 1.89 bits per heavy atom. The Hall–Kier alpha value is -3.86. The number of hydrogen-bond donors (Lipinski definition) is 1. The normalized spacial score (nSPS) is 16.4. The first-order chi connectivity index (χ1) is 21.6. The highest BCUT2D eigenvalue weighted by Gasteiger charge is 2.32. The number of nitriles is 1. The van der Waals surface area contributed by atoms with Crippen LogP contribution < -0.4 is 0 Å². The molecule has 0 radical (unpaired) electrons. The van der Waals surface area contributed by atoms with Gasteiger partial charge in [-0.05, 0) is 83.1 Å². The summed E-state index contributed by atoms with van der Waals surface area (Å²) >= 11 is 18.5. The number of aliphatic hydroxyl groups is 1. The van der Waals surface area contributed by atoms with Crippen molar-refractivity contribution in [2.75, 3.05) is 0 Å². The smallest absolute Gasteiger partial charge is 0.227 e. The van der Waals surface area contributed by atoms with Crippen LogP contribution >= 0.6 is 34.8 Å². The van der Waals surface area contributed by atoms with Crippen LogP contribution in [0.1, 0.15) is 70.4 Å². The van der Waals surface area contributed by atoms with E-state index >= 15 is 0 Å². The molecule has 4 aromatic rings. The predicted octanol–water partition coefficient (Wildman–Crippen LogP) is 7.99. The molecule has 2 amide bonds. The third-order valence-electron chi connectivity index (χ3n) is 8.59. The fraction of sp³-hybridized carbons (Fsp3) is 0.250. The summed E-state index contributed by atoms with van der Waals surface area (Å²) in [5.41, 5.74) is 7.21. The molecule has 45 heavy (non-hydrogen) atoms. The van der Waals surface area contributed by atoms with Crippen LogP contribution in [0, 0.1) is 11.3 Å². The van der Waals surface area contributed by atoms with Gasteiger partial charge in [0.2, 0.25) is 11.8 Å². The molecule has 0 saturated heterocycles. The summed E-state index contributed by atoms with van der Waals surface area (Å²) in [6.07, 6.45) is 0.385. The molecule has 0 spiro atoms. The molecule has 230 valence electrons. The first-order valence-corrected chi connectivity index (χ1v) is 15.8. The van der Waals surface area contributed by atoms with E-state index < -0.39 is 0 Å². The highest BCUT2D eigenvalue weighted by molar-refractivity contribution is 6.36. The van der Waals surface area contributed by atoms with Gasteiger partial charge in [0.05, 0.1) is 43.2 Å². The zero-order valence-electron chi connectivity index (χ0n) is 24.9. The molecule has 1 N–H and O–H groups in total. The van der Waals surface area contributed by atoms with Gasteiger partial charge in [0.1, 0.15) is 0 Å². The second-order valence-corrected chi connectivity index (χ2v) is 12.4. The Balaban J connectivity index is 0.000000178. The fourth-order valence-electron chi connectivity index (χ4n) is 6.05. The number of carbonyl (C=O) groups is 2. The molecule has 4 aromatic carbocycles. The maximum Gasteiger partial charge on any atom is 0.227 e. The minimum atomic E-state index is -0.112. The minimum absolute atomic E-state index is 0.0218. The molecule has 0 bridgehead atoms. The Labute approximate surface area is 278 Å². The monoisotopic (exact) mass is 659 g/mol. The number of nitrogens with zero attached hydrogens (tertiary/aromatic N) is 3. The van der Waals surface area contributed by atoms with Crippen LogP contribution in [0.3, 0.4) is 0 Å². The van der Waals surface area contributed by atoms with Gasteiger partial charge in [-0.2, -0.15) is 5.26 Å². The van der Waals surface area contributed by atoms with Gasteiger partial charge in [-0.25, -0.2) is 0 Å². The number of halogens is 3. The van der Waals surface area contributed by atoms with Crippen molar-refractivity contribution in [1.29, 1.82) is 5.26 Å². The summed E-state index contributed by atoms with van der Waals surface area (Å²) in [7, 11) is 0. The van der Waals surface area contributed by atoms with Crippen LogP contribution in [0.4, 0.5) is 0 Å². The van der Waals surface area contributed by atoms with Gasteiger partial charge in [-0.15, -0.1) is 0 Å². The van der Waals surface area contributed by atoms with Crippen molar-refractivity contribution in [3.05, 3.63) is 138 Å². The van der Waals surface area contributed by atoms with Crippen molar-refractivity contribution in [2.24, 2.45) is 0 Å². The van der Waals surface area contributed by atoms with E-state index in [1.807, 2.05) is 43.0 Å². The largest absolute Gasteiger partial charge is 0.392 e. The molecular weight excluding hydrogens is 629 g/mol. The van der Waals surface area contributed by atoms with Gasteiger partial charge in [0.15, 0.2) is 0 Å². The Morgan fingerprint density at radius 1 is 0.756 bits per heavy atom. The van der Waals surface area contributed by atoms with E-state index in [0.717, 1.165) is 16.7 Å². The zero-order valence-corrected chi connectivity index (χ0v) is 27.2. The Kier molecular flexibility index (Phi) is 10.2. The van der Waals surface area contributed by atoms with Crippen LogP contribution in [0.15, 0.2) is 78.9 Å². The van der Waals surface area contributed by atoms with E-state index in [-0.39, 0.29) is 43.3 Å². The summed E-state index contributed by atoms with van der Waals surface area (Å²) in [6, 6.07) is 26.4. The number of hydrogen-bond acceptors (Lipinski definition) is 4. The van der Waals surface area contributed by atoms with E-state index in [1.54, 1.807) is 47.4 Å². The van der Waals surface area contributed by atoms with Crippen molar-refractivity contribution in [3.8, 4) is 6.07 Å².